The molecule has 0 aliphatic heterocycles. The van der Waals surface area contributed by atoms with Gasteiger partial charge in [-0.3, -0.25) is 0 Å². The quantitative estimate of drug-likeness (QED) is 0.135. The summed E-state index contributed by atoms with van der Waals surface area (Å²) in [6.07, 6.45) is 0. The van der Waals surface area contributed by atoms with Crippen LogP contribution in [0.25, 0.3) is 139 Å². The summed E-state index contributed by atoms with van der Waals surface area (Å²) in [6.45, 7) is 8.49. The van der Waals surface area contributed by atoms with Crippen LogP contribution >= 0.6 is 0 Å². The summed E-state index contributed by atoms with van der Waals surface area (Å²) >= 11 is 0. The number of para-hydroxylation sites is 3. The van der Waals surface area contributed by atoms with Crippen LogP contribution < -0.4 is 0 Å². The van der Waals surface area contributed by atoms with Gasteiger partial charge in [-0.1, -0.05) is 200 Å². The highest BCUT2D eigenvalue weighted by molar-refractivity contribution is 6.12. The maximum Gasteiger partial charge on any atom is 0.194 e. The molecule has 0 atom stereocenters. The molecule has 0 unspecified atom stereocenters. The van der Waals surface area contributed by atoms with E-state index in [-0.39, 0.29) is 0 Å². The molecule has 0 amide bonds. The predicted octanol–water partition coefficient (Wildman–Crippen LogP) is 18.3. The Bertz CT molecular complexity index is 4510. The second-order valence-corrected chi connectivity index (χ2v) is 19.0. The third-order valence-electron chi connectivity index (χ3n) is 14.6. The van der Waals surface area contributed by atoms with Crippen molar-refractivity contribution in [3.05, 3.63) is 278 Å². The minimum atomic E-state index is 0.561. The molecular formula is C70H44N6. The monoisotopic (exact) mass is 968 g/mol. The number of hydrogen-bond acceptors (Lipinski definition) is 3. The van der Waals surface area contributed by atoms with Crippen LogP contribution in [0.4, 0.5) is 5.69 Å². The lowest BCUT2D eigenvalue weighted by atomic mass is 9.94. The van der Waals surface area contributed by atoms with E-state index in [0.29, 0.717) is 23.2 Å². The SMILES string of the molecule is [C-]#[N+]c1ccccc1-c1cc(-c2cc(-c3nc(-c4ccccc4)nc(-c4ccccc4)n3)ccc2-n2c3ccccc3c3cc(-c4ccccc4)ccc32)ccc1-n1c2ccccc2c2cc(-c3ccccc3)ccc21. The lowest BCUT2D eigenvalue weighted by molar-refractivity contribution is 1.07. The molecule has 14 rings (SSSR count). The van der Waals surface area contributed by atoms with Crippen LogP contribution in [-0.2, 0) is 0 Å². The number of fused-ring (bicyclic) bond motifs is 6. The normalized spacial score (nSPS) is 11.4. The number of nitrogens with zero attached hydrogens (tertiary/aromatic N) is 6. The Morgan fingerprint density at radius 1 is 0.263 bits per heavy atom. The molecule has 0 bridgehead atoms. The lowest BCUT2D eigenvalue weighted by Crippen LogP contribution is -2.02. The maximum atomic E-state index is 8.49. The van der Waals surface area contributed by atoms with Gasteiger partial charge in [-0.15, -0.1) is 0 Å². The van der Waals surface area contributed by atoms with E-state index in [4.69, 9.17) is 21.5 Å². The van der Waals surface area contributed by atoms with Gasteiger partial charge < -0.3 is 9.13 Å². The van der Waals surface area contributed by atoms with E-state index in [1.165, 1.54) is 11.1 Å². The first-order chi connectivity index (χ1) is 37.6. The van der Waals surface area contributed by atoms with Crippen molar-refractivity contribution in [1.82, 2.24) is 24.1 Å². The van der Waals surface area contributed by atoms with Gasteiger partial charge in [-0.25, -0.2) is 19.8 Å². The number of hydrogen-bond donors (Lipinski definition) is 0. The summed E-state index contributed by atoms with van der Waals surface area (Å²) in [7, 11) is 0. The Balaban J connectivity index is 1.04. The zero-order valence-corrected chi connectivity index (χ0v) is 41.1. The van der Waals surface area contributed by atoms with Crippen LogP contribution in [0.1, 0.15) is 0 Å². The molecule has 0 fully saturated rings. The summed E-state index contributed by atoms with van der Waals surface area (Å²) in [5, 5.41) is 4.63. The highest BCUT2D eigenvalue weighted by Gasteiger charge is 2.23. The summed E-state index contributed by atoms with van der Waals surface area (Å²) in [4.78, 5) is 19.6. The minimum absolute atomic E-state index is 0.561. The Hall–Kier alpha value is -10.5. The molecule has 0 aliphatic carbocycles. The average molecular weight is 969 g/mol. The molecule has 0 saturated heterocycles. The van der Waals surface area contributed by atoms with Crippen molar-refractivity contribution in [2.24, 2.45) is 0 Å². The third-order valence-corrected chi connectivity index (χ3v) is 14.6. The van der Waals surface area contributed by atoms with Crippen LogP contribution in [0.5, 0.6) is 0 Å². The third kappa shape index (κ3) is 7.62. The van der Waals surface area contributed by atoms with Crippen LogP contribution in [0.2, 0.25) is 0 Å². The first-order valence-electron chi connectivity index (χ1n) is 25.5. The molecule has 76 heavy (non-hydrogen) atoms. The summed E-state index contributed by atoms with van der Waals surface area (Å²) < 4.78 is 4.77. The molecule has 14 aromatic rings. The van der Waals surface area contributed by atoms with E-state index in [9.17, 15) is 0 Å². The molecule has 0 spiro atoms. The van der Waals surface area contributed by atoms with Crippen molar-refractivity contribution in [2.45, 2.75) is 0 Å². The standard InChI is InChI=1S/C70H44N6/c1-71-61-31-17-14-28-54(61)58-44-52(36-40-65(58)76-63-33-19-16-30-56(63)60-43-51(35-39-67(60)76)47-22-8-3-9-23-47)57-45-53(70-73-68(48-24-10-4-11-25-48)72-69(74-70)49-26-12-5-13-27-49)37-41-64(57)75-62-32-18-15-29-55(62)59-42-50(34-38-66(59)75)46-20-6-2-7-21-46/h2-45H. The maximum absolute atomic E-state index is 8.49. The van der Waals surface area contributed by atoms with Crippen LogP contribution in [0.3, 0.4) is 0 Å². The molecule has 0 aliphatic rings. The van der Waals surface area contributed by atoms with Gasteiger partial charge >= 0.3 is 0 Å². The van der Waals surface area contributed by atoms with Gasteiger partial charge in [0.1, 0.15) is 0 Å². The van der Waals surface area contributed by atoms with E-state index in [1.54, 1.807) is 0 Å². The van der Waals surface area contributed by atoms with Crippen LogP contribution in [0, 0.1) is 6.57 Å². The average Bonchev–Trinajstić information content (AvgIpc) is 4.12. The summed E-state index contributed by atoms with van der Waals surface area (Å²) in [5.74, 6) is 1.75. The van der Waals surface area contributed by atoms with Crippen molar-refractivity contribution in [3.8, 4) is 90.0 Å². The Kier molecular flexibility index (Phi) is 10.8. The zero-order chi connectivity index (χ0) is 50.5. The fraction of sp³-hybridized carbons (Fsp3) is 0. The fourth-order valence-electron chi connectivity index (χ4n) is 11.0. The molecule has 0 N–H and O–H groups in total. The number of aromatic nitrogens is 5. The van der Waals surface area contributed by atoms with Crippen molar-refractivity contribution in [3.63, 3.8) is 0 Å². The Labute approximate surface area is 439 Å². The van der Waals surface area contributed by atoms with Gasteiger partial charge in [0.15, 0.2) is 23.2 Å². The van der Waals surface area contributed by atoms with Crippen molar-refractivity contribution in [1.29, 1.82) is 0 Å². The summed E-state index contributed by atoms with van der Waals surface area (Å²) in [6, 6.07) is 93.5. The van der Waals surface area contributed by atoms with Crippen molar-refractivity contribution < 1.29 is 0 Å². The Morgan fingerprint density at radius 2 is 0.645 bits per heavy atom. The van der Waals surface area contributed by atoms with Gasteiger partial charge in [0.25, 0.3) is 0 Å². The lowest BCUT2D eigenvalue weighted by Gasteiger charge is -2.20. The molecule has 6 nitrogen and oxygen atoms in total. The van der Waals surface area contributed by atoms with E-state index in [0.717, 1.165) is 105 Å². The van der Waals surface area contributed by atoms with Crippen LogP contribution in [-0.4, -0.2) is 24.1 Å². The Morgan fingerprint density at radius 3 is 1.16 bits per heavy atom. The van der Waals surface area contributed by atoms with E-state index >= 15 is 0 Å². The second kappa shape index (κ2) is 18.5. The highest BCUT2D eigenvalue weighted by Crippen LogP contribution is 2.45. The van der Waals surface area contributed by atoms with Gasteiger partial charge in [0, 0.05) is 43.8 Å². The zero-order valence-electron chi connectivity index (χ0n) is 41.1. The number of benzene rings is 11. The largest absolute Gasteiger partial charge is 0.309 e. The smallest absolute Gasteiger partial charge is 0.194 e. The van der Waals surface area contributed by atoms with Gasteiger partial charge in [0.05, 0.1) is 40.0 Å². The van der Waals surface area contributed by atoms with E-state index < -0.39 is 0 Å². The minimum Gasteiger partial charge on any atom is -0.309 e. The second-order valence-electron chi connectivity index (χ2n) is 19.0. The van der Waals surface area contributed by atoms with E-state index in [1.807, 2.05) is 78.9 Å². The molecule has 3 aromatic heterocycles. The van der Waals surface area contributed by atoms with Gasteiger partial charge in [0.2, 0.25) is 0 Å². The fourth-order valence-corrected chi connectivity index (χ4v) is 11.0. The molecule has 6 heteroatoms. The molecule has 354 valence electrons. The van der Waals surface area contributed by atoms with Crippen molar-refractivity contribution in [2.75, 3.05) is 0 Å². The first kappa shape index (κ1) is 44.2. The summed E-state index contributed by atoms with van der Waals surface area (Å²) in [5.41, 5.74) is 17.9. The number of rotatable bonds is 9. The predicted molar refractivity (Wildman–Crippen MR) is 313 cm³/mol. The topological polar surface area (TPSA) is 52.9 Å². The molecular weight excluding hydrogens is 925 g/mol. The molecule has 11 aromatic carbocycles. The van der Waals surface area contributed by atoms with Gasteiger partial charge in [-0.05, 0) is 106 Å². The molecule has 0 saturated carbocycles. The van der Waals surface area contributed by atoms with Crippen molar-refractivity contribution >= 4 is 49.3 Å². The highest BCUT2D eigenvalue weighted by atomic mass is 15.0. The van der Waals surface area contributed by atoms with Crippen LogP contribution in [0.15, 0.2) is 267 Å². The van der Waals surface area contributed by atoms with Gasteiger partial charge in [-0.2, -0.15) is 0 Å². The molecule has 0 radical (unpaired) electrons. The van der Waals surface area contributed by atoms with E-state index in [2.05, 4.69) is 202 Å². The first-order valence-corrected chi connectivity index (χ1v) is 25.5. The molecule has 3 heterocycles.